The SMILES string of the molecule is CCOC(=O)N1CCc2cc(OC)c(OC)cc2C1(O)Cc1cc(OC)c(OC)cc1Br. The van der Waals surface area contributed by atoms with Gasteiger partial charge in [-0.15, -0.1) is 0 Å². The standard InChI is InChI=1S/C23H28BrNO7/c1-6-32-22(26)25-8-7-14-9-18(28-2)20(30-4)11-16(14)23(25,27)13-15-10-19(29-3)21(31-5)12-17(15)24/h9-12,27H,6-8,13H2,1-5H3. The summed E-state index contributed by atoms with van der Waals surface area (Å²) in [5.41, 5.74) is 0.446. The molecule has 1 amide bonds. The van der Waals surface area contributed by atoms with Crippen molar-refractivity contribution in [2.75, 3.05) is 41.6 Å². The lowest BCUT2D eigenvalue weighted by atomic mass is 9.85. The van der Waals surface area contributed by atoms with Gasteiger partial charge in [0.2, 0.25) is 0 Å². The number of ether oxygens (including phenoxy) is 5. The number of aliphatic hydroxyl groups is 1. The zero-order chi connectivity index (χ0) is 23.5. The lowest BCUT2D eigenvalue weighted by Gasteiger charge is -2.44. The molecule has 9 heteroatoms. The molecule has 0 aliphatic carbocycles. The molecule has 1 N–H and O–H groups in total. The van der Waals surface area contributed by atoms with Gasteiger partial charge in [0, 0.05) is 23.0 Å². The van der Waals surface area contributed by atoms with Gasteiger partial charge in [0.1, 0.15) is 0 Å². The average Bonchev–Trinajstić information content (AvgIpc) is 2.79. The zero-order valence-corrected chi connectivity index (χ0v) is 20.4. The van der Waals surface area contributed by atoms with E-state index in [0.29, 0.717) is 39.5 Å². The van der Waals surface area contributed by atoms with Crippen LogP contribution in [0.3, 0.4) is 0 Å². The van der Waals surface area contributed by atoms with Crippen LogP contribution in [-0.2, 0) is 23.3 Å². The molecular formula is C23H28BrNO7. The smallest absolute Gasteiger partial charge is 0.412 e. The minimum absolute atomic E-state index is 0.0786. The average molecular weight is 510 g/mol. The third-order valence-electron chi connectivity index (χ3n) is 5.57. The topological polar surface area (TPSA) is 86.7 Å². The molecule has 1 heterocycles. The molecule has 8 nitrogen and oxygen atoms in total. The molecule has 2 aromatic rings. The molecule has 1 aliphatic heterocycles. The van der Waals surface area contributed by atoms with Crippen LogP contribution in [-0.4, -0.2) is 57.7 Å². The van der Waals surface area contributed by atoms with Gasteiger partial charge in [0.15, 0.2) is 28.7 Å². The van der Waals surface area contributed by atoms with Crippen molar-refractivity contribution in [1.82, 2.24) is 4.90 Å². The molecule has 0 spiro atoms. The highest BCUT2D eigenvalue weighted by Gasteiger charge is 2.45. The van der Waals surface area contributed by atoms with E-state index in [1.165, 1.54) is 12.0 Å². The fraction of sp³-hybridized carbons (Fsp3) is 0.435. The predicted octanol–water partition coefficient (Wildman–Crippen LogP) is 3.89. The van der Waals surface area contributed by atoms with Crippen LogP contribution in [0, 0.1) is 0 Å². The van der Waals surface area contributed by atoms with Crippen LogP contribution >= 0.6 is 15.9 Å². The van der Waals surface area contributed by atoms with Crippen molar-refractivity contribution in [3.8, 4) is 23.0 Å². The quantitative estimate of drug-likeness (QED) is 0.605. The van der Waals surface area contributed by atoms with Crippen LogP contribution in [0.15, 0.2) is 28.7 Å². The Bertz CT molecular complexity index is 997. The van der Waals surface area contributed by atoms with Crippen molar-refractivity contribution in [2.24, 2.45) is 0 Å². The summed E-state index contributed by atoms with van der Waals surface area (Å²) in [6.45, 7) is 2.21. The monoisotopic (exact) mass is 509 g/mol. The fourth-order valence-electron chi connectivity index (χ4n) is 3.99. The fourth-order valence-corrected chi connectivity index (χ4v) is 4.46. The van der Waals surface area contributed by atoms with E-state index in [1.807, 2.05) is 6.07 Å². The van der Waals surface area contributed by atoms with Gasteiger partial charge in [-0.1, -0.05) is 15.9 Å². The molecule has 0 bridgehead atoms. The van der Waals surface area contributed by atoms with E-state index < -0.39 is 11.8 Å². The van der Waals surface area contributed by atoms with E-state index in [4.69, 9.17) is 23.7 Å². The second kappa shape index (κ2) is 9.87. The molecule has 1 unspecified atom stereocenters. The Hall–Kier alpha value is -2.65. The second-order valence-electron chi connectivity index (χ2n) is 7.26. The van der Waals surface area contributed by atoms with Crippen LogP contribution in [0.1, 0.15) is 23.6 Å². The summed E-state index contributed by atoms with van der Waals surface area (Å²) in [7, 11) is 6.18. The maximum absolute atomic E-state index is 12.8. The Labute approximate surface area is 196 Å². The highest BCUT2D eigenvalue weighted by molar-refractivity contribution is 9.10. The van der Waals surface area contributed by atoms with Crippen LogP contribution in [0.5, 0.6) is 23.0 Å². The van der Waals surface area contributed by atoms with Gasteiger partial charge in [-0.05, 0) is 48.7 Å². The van der Waals surface area contributed by atoms with Crippen LogP contribution in [0.25, 0.3) is 0 Å². The minimum Gasteiger partial charge on any atom is -0.493 e. The number of rotatable bonds is 7. The number of methoxy groups -OCH3 is 4. The molecule has 0 saturated heterocycles. The Balaban J connectivity index is 2.17. The van der Waals surface area contributed by atoms with E-state index in [2.05, 4.69) is 15.9 Å². The van der Waals surface area contributed by atoms with Gasteiger partial charge < -0.3 is 28.8 Å². The Kier molecular flexibility index (Phi) is 7.40. The molecule has 2 aromatic carbocycles. The highest BCUT2D eigenvalue weighted by Crippen LogP contribution is 2.44. The van der Waals surface area contributed by atoms with Gasteiger partial charge in [0.05, 0.1) is 35.0 Å². The number of hydrogen-bond donors (Lipinski definition) is 1. The second-order valence-corrected chi connectivity index (χ2v) is 8.11. The molecule has 0 radical (unpaired) electrons. The van der Waals surface area contributed by atoms with E-state index in [1.54, 1.807) is 46.5 Å². The zero-order valence-electron chi connectivity index (χ0n) is 18.9. The Morgan fingerprint density at radius 3 is 2.16 bits per heavy atom. The summed E-state index contributed by atoms with van der Waals surface area (Å²) >= 11 is 3.55. The first kappa shape index (κ1) is 24.0. The summed E-state index contributed by atoms with van der Waals surface area (Å²) in [6.07, 6.45) is 0.0196. The Morgan fingerprint density at radius 1 is 1.00 bits per heavy atom. The number of benzene rings is 2. The summed E-state index contributed by atoms with van der Waals surface area (Å²) < 4.78 is 27.6. The first-order valence-electron chi connectivity index (χ1n) is 10.1. The molecule has 0 saturated carbocycles. The predicted molar refractivity (Wildman–Crippen MR) is 122 cm³/mol. The van der Waals surface area contributed by atoms with Crippen molar-refractivity contribution >= 4 is 22.0 Å². The third kappa shape index (κ3) is 4.31. The van der Waals surface area contributed by atoms with Gasteiger partial charge in [-0.25, -0.2) is 4.79 Å². The molecule has 174 valence electrons. The van der Waals surface area contributed by atoms with E-state index in [9.17, 15) is 9.90 Å². The summed E-state index contributed by atoms with van der Waals surface area (Å²) in [6, 6.07) is 7.10. The van der Waals surface area contributed by atoms with E-state index in [-0.39, 0.29) is 19.6 Å². The molecule has 1 atom stereocenters. The number of carbonyl (C=O) groups is 1. The maximum atomic E-state index is 12.8. The maximum Gasteiger partial charge on any atom is 0.412 e. The van der Waals surface area contributed by atoms with Crippen molar-refractivity contribution in [3.63, 3.8) is 0 Å². The van der Waals surface area contributed by atoms with Crippen LogP contribution in [0.2, 0.25) is 0 Å². The van der Waals surface area contributed by atoms with Crippen LogP contribution < -0.4 is 18.9 Å². The number of fused-ring (bicyclic) bond motifs is 1. The third-order valence-corrected chi connectivity index (χ3v) is 6.31. The number of carbonyl (C=O) groups excluding carboxylic acids is 1. The summed E-state index contributed by atoms with van der Waals surface area (Å²) in [5, 5.41) is 12.1. The first-order chi connectivity index (χ1) is 15.3. The largest absolute Gasteiger partial charge is 0.493 e. The molecule has 3 rings (SSSR count). The van der Waals surface area contributed by atoms with Gasteiger partial charge >= 0.3 is 6.09 Å². The van der Waals surface area contributed by atoms with Crippen molar-refractivity contribution < 1.29 is 33.6 Å². The van der Waals surface area contributed by atoms with Gasteiger partial charge in [-0.2, -0.15) is 0 Å². The van der Waals surface area contributed by atoms with E-state index >= 15 is 0 Å². The van der Waals surface area contributed by atoms with Crippen molar-refractivity contribution in [1.29, 1.82) is 0 Å². The number of halogens is 1. The molecule has 0 aromatic heterocycles. The van der Waals surface area contributed by atoms with E-state index in [0.717, 1.165) is 11.1 Å². The van der Waals surface area contributed by atoms with Crippen molar-refractivity contribution in [3.05, 3.63) is 45.4 Å². The lowest BCUT2D eigenvalue weighted by Crippen LogP contribution is -2.55. The molecular weight excluding hydrogens is 482 g/mol. The summed E-state index contributed by atoms with van der Waals surface area (Å²) in [5.74, 6) is 2.08. The molecule has 1 aliphatic rings. The molecule has 32 heavy (non-hydrogen) atoms. The Morgan fingerprint density at radius 2 is 1.56 bits per heavy atom. The minimum atomic E-state index is -1.69. The van der Waals surface area contributed by atoms with Crippen molar-refractivity contribution in [2.45, 2.75) is 25.5 Å². The molecule has 0 fully saturated rings. The normalized spacial score (nSPS) is 17.4. The number of amides is 1. The number of hydrogen-bond acceptors (Lipinski definition) is 7. The number of nitrogens with zero attached hydrogens (tertiary/aromatic N) is 1. The van der Waals surface area contributed by atoms with Gasteiger partial charge in [0.25, 0.3) is 0 Å². The first-order valence-corrected chi connectivity index (χ1v) is 10.9. The van der Waals surface area contributed by atoms with Crippen LogP contribution in [0.4, 0.5) is 4.79 Å². The van der Waals surface area contributed by atoms with Gasteiger partial charge in [-0.3, -0.25) is 4.90 Å². The lowest BCUT2D eigenvalue weighted by molar-refractivity contribution is -0.109. The summed E-state index contributed by atoms with van der Waals surface area (Å²) in [4.78, 5) is 14.2. The highest BCUT2D eigenvalue weighted by atomic mass is 79.9.